The van der Waals surface area contributed by atoms with Gasteiger partial charge < -0.3 is 21.7 Å². The molecule has 0 amide bonds. The van der Waals surface area contributed by atoms with Crippen molar-refractivity contribution in [3.63, 3.8) is 0 Å². The lowest BCUT2D eigenvalue weighted by Crippen LogP contribution is -2.64. The summed E-state index contributed by atoms with van der Waals surface area (Å²) in [5.41, 5.74) is 12.3. The molecule has 0 aliphatic rings. The molecule has 9 heteroatoms. The average Bonchev–Trinajstić information content (AvgIpc) is 3.26. The third kappa shape index (κ3) is 13.0. The van der Waals surface area contributed by atoms with Gasteiger partial charge in [0.1, 0.15) is 5.75 Å². The molecule has 0 N–H and O–H groups in total. The lowest BCUT2D eigenvalue weighted by molar-refractivity contribution is 0.152. The predicted octanol–water partition coefficient (Wildman–Crippen LogP) is 15.7. The Balaban J connectivity index is 1.28. The molecule has 7 aromatic carbocycles. The van der Waals surface area contributed by atoms with Gasteiger partial charge in [-0.3, -0.25) is 0 Å². The molecule has 326 valence electrons. The first kappa shape index (κ1) is 46.4. The van der Waals surface area contributed by atoms with Crippen LogP contribution in [0.1, 0.15) is 33.4 Å². The molecule has 7 rings (SSSR count). The van der Waals surface area contributed by atoms with Crippen LogP contribution in [0.25, 0.3) is 23.3 Å². The van der Waals surface area contributed by atoms with Crippen molar-refractivity contribution in [3.05, 3.63) is 228 Å². The summed E-state index contributed by atoms with van der Waals surface area (Å²) in [6.07, 6.45) is 4.54. The van der Waals surface area contributed by atoms with Crippen molar-refractivity contribution in [2.24, 2.45) is 0 Å². The molecule has 0 saturated heterocycles. The smallest absolute Gasteiger partial charge is 0.482 e. The second-order valence-electron chi connectivity index (χ2n) is 18.8. The van der Waals surface area contributed by atoms with Crippen molar-refractivity contribution in [2.75, 3.05) is 4.90 Å². The summed E-state index contributed by atoms with van der Waals surface area (Å²) in [6, 6.07) is 68.2. The average molecular weight is 912 g/mol. The minimum absolute atomic E-state index is 0.662. The van der Waals surface area contributed by atoms with Crippen LogP contribution in [-0.2, 0) is 12.3 Å². The first-order valence-electron chi connectivity index (χ1n) is 22.1. The van der Waals surface area contributed by atoms with Crippen LogP contribution in [0.2, 0.25) is 58.9 Å². The van der Waals surface area contributed by atoms with Crippen molar-refractivity contribution in [2.45, 2.75) is 58.9 Å². The van der Waals surface area contributed by atoms with Gasteiger partial charge in [0.2, 0.25) is 0 Å². The second kappa shape index (κ2) is 20.0. The Labute approximate surface area is 386 Å². The fourth-order valence-electron chi connectivity index (χ4n) is 7.41. The van der Waals surface area contributed by atoms with E-state index in [9.17, 15) is 0 Å². The van der Waals surface area contributed by atoms with E-state index in [4.69, 9.17) is 16.8 Å². The maximum Gasteiger partial charge on any atom is 0.717 e. The van der Waals surface area contributed by atoms with Crippen LogP contribution in [0, 0.1) is 0 Å². The van der Waals surface area contributed by atoms with Crippen molar-refractivity contribution >= 4 is 74.4 Å². The zero-order chi connectivity index (χ0) is 45.4. The maximum absolute atomic E-state index is 6.87. The van der Waals surface area contributed by atoms with Crippen molar-refractivity contribution in [3.8, 4) is 5.75 Å². The number of nitrogens with zero attached hydrogens (tertiary/aromatic N) is 1. The minimum atomic E-state index is -3.59. The fraction of sp³-hybridized carbons (Fsp3) is 0.164. The number of hydrogen-bond donors (Lipinski definition) is 0. The van der Waals surface area contributed by atoms with E-state index in [0.29, 0.717) is 5.75 Å². The van der Waals surface area contributed by atoms with Crippen LogP contribution in [0.4, 0.5) is 17.1 Å². The van der Waals surface area contributed by atoms with Crippen molar-refractivity contribution in [1.82, 2.24) is 0 Å². The monoisotopic (exact) mass is 911 g/mol. The van der Waals surface area contributed by atoms with Gasteiger partial charge in [0.15, 0.2) is 25.0 Å². The molecule has 5 nitrogen and oxygen atoms in total. The molecule has 0 unspecified atom stereocenters. The molecule has 0 radical (unpaired) electrons. The van der Waals surface area contributed by atoms with Crippen LogP contribution in [0.5, 0.6) is 5.75 Å². The Kier molecular flexibility index (Phi) is 14.5. The highest BCUT2D eigenvalue weighted by molar-refractivity contribution is 6.88. The van der Waals surface area contributed by atoms with E-state index < -0.39 is 34.0 Å². The first-order valence-corrected chi connectivity index (χ1v) is 33.9. The van der Waals surface area contributed by atoms with Crippen LogP contribution in [0.3, 0.4) is 0 Å². The lowest BCUT2D eigenvalue weighted by Gasteiger charge is -2.40. The molecular weight excluding hydrogens is 851 g/mol. The van der Waals surface area contributed by atoms with Gasteiger partial charge in [-0.2, -0.15) is 0 Å². The predicted molar refractivity (Wildman–Crippen MR) is 281 cm³/mol. The Hall–Kier alpha value is -5.63. The highest BCUT2D eigenvalue weighted by Gasteiger charge is 2.56. The third-order valence-corrected chi connectivity index (χ3v) is 20.7. The summed E-state index contributed by atoms with van der Waals surface area (Å²) in [4.78, 5) is 2.29. The summed E-state index contributed by atoms with van der Waals surface area (Å²) < 4.78 is 27.4. The second-order valence-corrected chi connectivity index (χ2v) is 35.2. The third-order valence-electron chi connectivity index (χ3n) is 9.90. The Morgan fingerprint density at radius 2 is 0.609 bits per heavy atom. The van der Waals surface area contributed by atoms with E-state index in [1.807, 2.05) is 12.1 Å². The Bertz CT molecular complexity index is 2360. The lowest BCUT2D eigenvalue weighted by atomic mass is 9.95. The van der Waals surface area contributed by atoms with Gasteiger partial charge in [0.25, 0.3) is 0 Å². The van der Waals surface area contributed by atoms with Gasteiger partial charge in [-0.05, 0) is 164 Å². The molecule has 7 aromatic rings. The topological polar surface area (TPSA) is 40.2 Å². The SMILES string of the molecule is C[Si](C)(C)O[Si](Oc1ccc(N(c2ccc(C=C(c3ccccc3)c3ccccc3)cc2)c2ccc(C=C(c3ccccc3)c3ccccc3)cc2)cc1)(O[Si](C)(C)C)O[Si](C)(C)C. The minimum Gasteiger partial charge on any atom is -0.482 e. The first-order chi connectivity index (χ1) is 30.5. The zero-order valence-corrected chi connectivity index (χ0v) is 42.7. The van der Waals surface area contributed by atoms with Gasteiger partial charge >= 0.3 is 9.05 Å². The van der Waals surface area contributed by atoms with E-state index in [1.54, 1.807) is 0 Å². The van der Waals surface area contributed by atoms with Gasteiger partial charge in [0, 0.05) is 17.1 Å². The summed E-state index contributed by atoms with van der Waals surface area (Å²) in [5.74, 6) is 0.662. The molecule has 64 heavy (non-hydrogen) atoms. The largest absolute Gasteiger partial charge is 0.717 e. The molecule has 0 fully saturated rings. The molecule has 0 aliphatic carbocycles. The number of hydrogen-bond acceptors (Lipinski definition) is 5. The van der Waals surface area contributed by atoms with Crippen molar-refractivity contribution in [1.29, 1.82) is 0 Å². The highest BCUT2D eigenvalue weighted by Crippen LogP contribution is 2.38. The van der Waals surface area contributed by atoms with E-state index in [-0.39, 0.29) is 0 Å². The van der Waals surface area contributed by atoms with E-state index >= 15 is 0 Å². The number of benzene rings is 7. The number of rotatable bonds is 17. The quantitative estimate of drug-likeness (QED) is 0.0672. The fourth-order valence-corrected chi connectivity index (χ4v) is 19.0. The highest BCUT2D eigenvalue weighted by atomic mass is 28.5. The normalized spacial score (nSPS) is 12.0. The summed E-state index contributed by atoms with van der Waals surface area (Å²) in [5, 5.41) is 0. The summed E-state index contributed by atoms with van der Waals surface area (Å²) >= 11 is 0. The van der Waals surface area contributed by atoms with Gasteiger partial charge in [-0.15, -0.1) is 0 Å². The molecule has 0 atom stereocenters. The summed E-state index contributed by atoms with van der Waals surface area (Å²) in [6.45, 7) is 19.5. The van der Waals surface area contributed by atoms with E-state index in [1.165, 1.54) is 33.4 Å². The zero-order valence-electron chi connectivity index (χ0n) is 38.7. The van der Waals surface area contributed by atoms with Crippen molar-refractivity contribution < 1.29 is 16.8 Å². The molecular formula is C55H61NO4Si4. The molecule has 0 spiro atoms. The Morgan fingerprint density at radius 1 is 0.344 bits per heavy atom. The standard InChI is InChI=1S/C55H61NO4Si4/c1-61(2,3)58-64(59-62(4,5)6,60-63(7,8)9)57-53-40-38-52(39-41-53)56(50-34-30-44(31-35-50)42-54(46-22-14-10-15-23-46)47-24-16-11-17-25-47)51-36-32-45(33-37-51)43-55(48-26-18-12-19-27-48)49-28-20-13-21-29-49/h10-43H,1-9H3. The number of anilines is 3. The van der Waals surface area contributed by atoms with E-state index in [0.717, 1.165) is 28.2 Å². The van der Waals surface area contributed by atoms with Crippen LogP contribution in [-0.4, -0.2) is 34.0 Å². The molecule has 0 heterocycles. The van der Waals surface area contributed by atoms with Gasteiger partial charge in [0.05, 0.1) is 0 Å². The Morgan fingerprint density at radius 3 is 0.875 bits per heavy atom. The molecule has 0 aromatic heterocycles. The van der Waals surface area contributed by atoms with E-state index in [2.05, 4.69) is 258 Å². The molecule has 0 saturated carbocycles. The molecule has 0 bridgehead atoms. The van der Waals surface area contributed by atoms with Gasteiger partial charge in [-0.1, -0.05) is 146 Å². The van der Waals surface area contributed by atoms with Crippen LogP contribution >= 0.6 is 0 Å². The summed E-state index contributed by atoms with van der Waals surface area (Å²) in [7, 11) is -10.1. The van der Waals surface area contributed by atoms with Gasteiger partial charge in [-0.25, -0.2) is 0 Å². The maximum atomic E-state index is 6.87. The van der Waals surface area contributed by atoms with Crippen LogP contribution < -0.4 is 9.33 Å². The molecule has 0 aliphatic heterocycles. The van der Waals surface area contributed by atoms with Crippen LogP contribution in [0.15, 0.2) is 194 Å².